The maximum absolute atomic E-state index is 12.3. The van der Waals surface area contributed by atoms with Gasteiger partial charge in [-0.1, -0.05) is 20.3 Å². The average molecular weight is 293 g/mol. The molecule has 0 aromatic rings. The molecule has 0 radical (unpaired) electrons. The van der Waals surface area contributed by atoms with Crippen LogP contribution >= 0.6 is 0 Å². The molecule has 1 unspecified atom stereocenters. The fraction of sp³-hybridized carbons (Fsp3) is 0.941. The van der Waals surface area contributed by atoms with Crippen LogP contribution in [0.25, 0.3) is 0 Å². The molecule has 0 bridgehead atoms. The van der Waals surface area contributed by atoms with Crippen LogP contribution in [-0.2, 0) is 4.79 Å². The van der Waals surface area contributed by atoms with Gasteiger partial charge < -0.3 is 10.6 Å². The van der Waals surface area contributed by atoms with Gasteiger partial charge in [0, 0.05) is 12.6 Å². The van der Waals surface area contributed by atoms with Crippen LogP contribution in [0.5, 0.6) is 0 Å². The molecule has 1 aliphatic heterocycles. The van der Waals surface area contributed by atoms with Gasteiger partial charge in [-0.25, -0.2) is 0 Å². The zero-order valence-electron chi connectivity index (χ0n) is 13.7. The van der Waals surface area contributed by atoms with E-state index in [0.29, 0.717) is 17.4 Å². The number of hydrogen-bond acceptors (Lipinski definition) is 3. The summed E-state index contributed by atoms with van der Waals surface area (Å²) in [5.41, 5.74) is 5.90. The maximum atomic E-state index is 12.3. The predicted octanol–water partition coefficient (Wildman–Crippen LogP) is 1.88. The molecule has 1 amide bonds. The molecule has 4 nitrogen and oxygen atoms in total. The molecule has 3 aliphatic rings. The summed E-state index contributed by atoms with van der Waals surface area (Å²) in [5.74, 6) is 0.343. The zero-order valence-corrected chi connectivity index (χ0v) is 13.7. The van der Waals surface area contributed by atoms with Crippen molar-refractivity contribution in [3.63, 3.8) is 0 Å². The number of amides is 1. The second-order valence-corrected chi connectivity index (χ2v) is 7.97. The first-order chi connectivity index (χ1) is 9.97. The number of likely N-dealkylation sites (tertiary alicyclic amines) is 1. The molecule has 2 aliphatic carbocycles. The number of piperidine rings is 1. The standard InChI is InChI=1S/C17H31N3O/c1-3-16(2)8-10-20(11-9-16)12-17(15(18)21,13-4-5-13)19-14-6-7-14/h13-14,19H,3-12H2,1-2H3,(H2,18,21). The lowest BCUT2D eigenvalue weighted by atomic mass is 9.77. The topological polar surface area (TPSA) is 58.4 Å². The lowest BCUT2D eigenvalue weighted by molar-refractivity contribution is -0.126. The van der Waals surface area contributed by atoms with Crippen LogP contribution in [0.15, 0.2) is 0 Å². The summed E-state index contributed by atoms with van der Waals surface area (Å²) >= 11 is 0. The molecular weight excluding hydrogens is 262 g/mol. The van der Waals surface area contributed by atoms with Gasteiger partial charge >= 0.3 is 0 Å². The van der Waals surface area contributed by atoms with Crippen molar-refractivity contribution in [1.82, 2.24) is 10.2 Å². The van der Waals surface area contributed by atoms with E-state index in [2.05, 4.69) is 24.1 Å². The van der Waals surface area contributed by atoms with E-state index in [9.17, 15) is 4.79 Å². The van der Waals surface area contributed by atoms with Gasteiger partial charge in [-0.2, -0.15) is 0 Å². The van der Waals surface area contributed by atoms with Gasteiger partial charge in [-0.05, 0) is 62.9 Å². The van der Waals surface area contributed by atoms with E-state index in [1.165, 1.54) is 32.1 Å². The second kappa shape index (κ2) is 5.54. The summed E-state index contributed by atoms with van der Waals surface area (Å²) in [6, 6.07) is 0.531. The first-order valence-corrected chi connectivity index (χ1v) is 8.77. The predicted molar refractivity (Wildman–Crippen MR) is 84.9 cm³/mol. The second-order valence-electron chi connectivity index (χ2n) is 7.97. The SMILES string of the molecule is CCC1(C)CCN(CC(NC2CC2)(C(N)=O)C2CC2)CC1. The molecule has 1 saturated heterocycles. The molecule has 1 heterocycles. The highest BCUT2D eigenvalue weighted by Gasteiger charge is 2.52. The molecular formula is C17H31N3O. The van der Waals surface area contributed by atoms with E-state index in [-0.39, 0.29) is 5.91 Å². The minimum Gasteiger partial charge on any atom is -0.368 e. The normalized spacial score (nSPS) is 29.0. The summed E-state index contributed by atoms with van der Waals surface area (Å²) in [7, 11) is 0. The van der Waals surface area contributed by atoms with E-state index in [0.717, 1.165) is 32.5 Å². The summed E-state index contributed by atoms with van der Waals surface area (Å²) < 4.78 is 0. The molecule has 4 heteroatoms. The van der Waals surface area contributed by atoms with Crippen molar-refractivity contribution < 1.29 is 4.79 Å². The van der Waals surface area contributed by atoms with Gasteiger partial charge in [0.25, 0.3) is 0 Å². The van der Waals surface area contributed by atoms with Crippen molar-refractivity contribution in [3.8, 4) is 0 Å². The Labute approximate surface area is 128 Å². The van der Waals surface area contributed by atoms with Gasteiger partial charge in [-0.15, -0.1) is 0 Å². The molecule has 0 aromatic heterocycles. The van der Waals surface area contributed by atoms with Gasteiger partial charge in [0.1, 0.15) is 5.54 Å². The Morgan fingerprint density at radius 3 is 2.33 bits per heavy atom. The monoisotopic (exact) mass is 293 g/mol. The Morgan fingerprint density at radius 1 is 1.29 bits per heavy atom. The van der Waals surface area contributed by atoms with E-state index in [1.54, 1.807) is 0 Å². The highest BCUT2D eigenvalue weighted by atomic mass is 16.1. The lowest BCUT2D eigenvalue weighted by Gasteiger charge is -2.43. The first-order valence-electron chi connectivity index (χ1n) is 8.77. The van der Waals surface area contributed by atoms with Crippen LogP contribution in [0.1, 0.15) is 58.8 Å². The average Bonchev–Trinajstić information content (AvgIpc) is 3.33. The molecule has 2 saturated carbocycles. The van der Waals surface area contributed by atoms with Crippen molar-refractivity contribution in [3.05, 3.63) is 0 Å². The number of nitrogens with one attached hydrogen (secondary N) is 1. The Balaban J connectivity index is 1.66. The van der Waals surface area contributed by atoms with E-state index < -0.39 is 5.54 Å². The van der Waals surface area contributed by atoms with Crippen molar-refractivity contribution in [2.24, 2.45) is 17.1 Å². The number of nitrogens with zero attached hydrogens (tertiary/aromatic N) is 1. The molecule has 3 N–H and O–H groups in total. The zero-order chi connectivity index (χ0) is 15.1. The Bertz CT molecular complexity index is 395. The Kier molecular flexibility index (Phi) is 4.04. The highest BCUT2D eigenvalue weighted by Crippen LogP contribution is 2.43. The summed E-state index contributed by atoms with van der Waals surface area (Å²) in [6.07, 6.45) is 8.46. The quantitative estimate of drug-likeness (QED) is 0.753. The van der Waals surface area contributed by atoms with Crippen molar-refractivity contribution in [2.45, 2.75) is 70.4 Å². The van der Waals surface area contributed by atoms with E-state index in [1.807, 2.05) is 0 Å². The first kappa shape index (κ1) is 15.3. The van der Waals surface area contributed by atoms with Crippen molar-refractivity contribution in [2.75, 3.05) is 19.6 Å². The summed E-state index contributed by atoms with van der Waals surface area (Å²) in [5, 5.41) is 3.63. The van der Waals surface area contributed by atoms with Crippen LogP contribution in [0.4, 0.5) is 0 Å². The maximum Gasteiger partial charge on any atom is 0.239 e. The molecule has 21 heavy (non-hydrogen) atoms. The number of hydrogen-bond donors (Lipinski definition) is 2. The summed E-state index contributed by atoms with van der Waals surface area (Å²) in [4.78, 5) is 14.7. The van der Waals surface area contributed by atoms with E-state index in [4.69, 9.17) is 5.73 Å². The molecule has 3 rings (SSSR count). The van der Waals surface area contributed by atoms with Gasteiger partial charge in [-0.3, -0.25) is 10.1 Å². The van der Waals surface area contributed by atoms with Crippen molar-refractivity contribution in [1.29, 1.82) is 0 Å². The Hall–Kier alpha value is -0.610. The molecule has 0 aromatic carbocycles. The number of rotatable bonds is 7. The third-order valence-electron chi connectivity index (χ3n) is 6.14. The van der Waals surface area contributed by atoms with Crippen molar-refractivity contribution >= 4 is 5.91 Å². The molecule has 0 spiro atoms. The fourth-order valence-electron chi connectivity index (χ4n) is 3.77. The molecule has 1 atom stereocenters. The minimum absolute atomic E-state index is 0.124. The number of carbonyl (C=O) groups is 1. The van der Waals surface area contributed by atoms with E-state index >= 15 is 0 Å². The van der Waals surface area contributed by atoms with Crippen LogP contribution in [0.2, 0.25) is 0 Å². The van der Waals surface area contributed by atoms with Crippen LogP contribution in [0.3, 0.4) is 0 Å². The number of primary amides is 1. The minimum atomic E-state index is -0.457. The number of carbonyl (C=O) groups excluding carboxylic acids is 1. The lowest BCUT2D eigenvalue weighted by Crippen LogP contribution is -2.64. The van der Waals surface area contributed by atoms with Gasteiger partial charge in [0.05, 0.1) is 0 Å². The molecule has 120 valence electrons. The number of nitrogens with two attached hydrogens (primary N) is 1. The van der Waals surface area contributed by atoms with Gasteiger partial charge in [0.2, 0.25) is 5.91 Å². The molecule has 3 fully saturated rings. The third-order valence-corrected chi connectivity index (χ3v) is 6.14. The Morgan fingerprint density at radius 2 is 1.90 bits per heavy atom. The smallest absolute Gasteiger partial charge is 0.239 e. The van der Waals surface area contributed by atoms with Crippen LogP contribution in [-0.4, -0.2) is 42.0 Å². The highest BCUT2D eigenvalue weighted by molar-refractivity contribution is 5.86. The fourth-order valence-corrected chi connectivity index (χ4v) is 3.77. The van der Waals surface area contributed by atoms with Crippen LogP contribution < -0.4 is 11.1 Å². The third kappa shape index (κ3) is 3.26. The summed E-state index contributed by atoms with van der Waals surface area (Å²) in [6.45, 7) is 7.73. The largest absolute Gasteiger partial charge is 0.368 e. The van der Waals surface area contributed by atoms with Crippen LogP contribution in [0, 0.1) is 11.3 Å². The van der Waals surface area contributed by atoms with Gasteiger partial charge in [0.15, 0.2) is 0 Å².